The van der Waals surface area contributed by atoms with Gasteiger partial charge in [0.15, 0.2) is 0 Å². The summed E-state index contributed by atoms with van der Waals surface area (Å²) in [4.78, 5) is 0. The summed E-state index contributed by atoms with van der Waals surface area (Å²) in [6.07, 6.45) is 0. The van der Waals surface area contributed by atoms with Gasteiger partial charge in [-0.25, -0.2) is 0 Å². The fourth-order valence-corrected chi connectivity index (χ4v) is 0. The Morgan fingerprint density at radius 3 is 0.333 bits per heavy atom. The smallest absolute Gasteiger partial charge is 0 e. The molecular formula is Ir5Th. The molecule has 0 heterocycles. The molecule has 0 saturated heterocycles. The van der Waals surface area contributed by atoms with Gasteiger partial charge < -0.3 is 0 Å². The van der Waals surface area contributed by atoms with Crippen molar-refractivity contribution >= 4 is 0 Å². The minimum Gasteiger partial charge on any atom is 0 e. The minimum absolute atomic E-state index is 0. The van der Waals surface area contributed by atoms with Gasteiger partial charge in [-0.3, -0.25) is 0 Å². The van der Waals surface area contributed by atoms with E-state index in [9.17, 15) is 0 Å². The second kappa shape index (κ2) is 33.6. The Labute approximate surface area is 137 Å². The fourth-order valence-electron chi connectivity index (χ4n) is 0. The number of hydrogen-bond donors (Lipinski definition) is 0. The summed E-state index contributed by atoms with van der Waals surface area (Å²) >= 11 is 0. The van der Waals surface area contributed by atoms with Gasteiger partial charge in [0, 0.05) is 140 Å². The molecule has 0 N–H and O–H groups in total. The van der Waals surface area contributed by atoms with Crippen LogP contribution >= 0.6 is 0 Å². The zero-order valence-corrected chi connectivity index (χ0v) is 18.3. The van der Waals surface area contributed by atoms with E-state index in [1.165, 1.54) is 0 Å². The van der Waals surface area contributed by atoms with Crippen molar-refractivity contribution in [3.05, 3.63) is 0 Å². The predicted molar refractivity (Wildman–Crippen MR) is 0 cm³/mol. The van der Waals surface area contributed by atoms with E-state index in [4.69, 9.17) is 0 Å². The summed E-state index contributed by atoms with van der Waals surface area (Å²) < 4.78 is 0. The average molecular weight is 1190 g/mol. The predicted octanol–water partition coefficient (Wildman–Crippen LogP) is -0.0125. The maximum atomic E-state index is 0. The Bertz CT molecular complexity index is 3.90. The Hall–Kier alpha value is 4.57. The largest absolute Gasteiger partial charge is 0 e. The molecule has 6 heteroatoms. The summed E-state index contributed by atoms with van der Waals surface area (Å²) in [6.45, 7) is 0. The van der Waals surface area contributed by atoms with Gasteiger partial charge in [0.05, 0.1) is 0 Å². The molecule has 6 heavy (non-hydrogen) atoms. The summed E-state index contributed by atoms with van der Waals surface area (Å²) in [5.74, 6) is 0. The standard InChI is InChI=1S/5Ir.Th. The first-order valence-corrected chi connectivity index (χ1v) is 0. The Kier molecular flexibility index (Phi) is 260. The van der Waals surface area contributed by atoms with E-state index in [0.29, 0.717) is 0 Å². The van der Waals surface area contributed by atoms with Crippen LogP contribution in [-0.2, 0) is 101 Å². The van der Waals surface area contributed by atoms with E-state index in [-0.39, 0.29) is 140 Å². The van der Waals surface area contributed by atoms with Gasteiger partial charge in [0.1, 0.15) is 0 Å². The molecule has 0 bridgehead atoms. The molecule has 0 aliphatic rings. The third kappa shape index (κ3) is 23.5. The third-order valence-corrected chi connectivity index (χ3v) is 0. The van der Waals surface area contributed by atoms with Crippen LogP contribution in [0.4, 0.5) is 0 Å². The second-order valence-electron chi connectivity index (χ2n) is 0. The molecule has 0 aliphatic heterocycles. The monoisotopic (exact) mass is 1200 g/mol. The van der Waals surface area contributed by atoms with Crippen molar-refractivity contribution < 1.29 is 140 Å². The fraction of sp³-hybridized carbons (Fsp3) is 0. The van der Waals surface area contributed by atoms with E-state index >= 15 is 0 Å². The van der Waals surface area contributed by atoms with Crippen molar-refractivity contribution in [1.29, 1.82) is 0 Å². The molecular weight excluding hydrogens is 1190 g/mol. The van der Waals surface area contributed by atoms with Crippen molar-refractivity contribution in [3.8, 4) is 0 Å². The molecule has 0 saturated carbocycles. The SMILES string of the molecule is [Ir].[Ir].[Ir].[Ir].[Ir].[Th]. The van der Waals surface area contributed by atoms with Crippen LogP contribution in [0, 0.1) is 39.9 Å². The van der Waals surface area contributed by atoms with Crippen molar-refractivity contribution in [2.45, 2.75) is 0 Å². The van der Waals surface area contributed by atoms with E-state index in [2.05, 4.69) is 0 Å². The molecule has 0 nitrogen and oxygen atoms in total. The molecule has 0 unspecified atom stereocenters. The molecule has 0 aromatic heterocycles. The van der Waals surface area contributed by atoms with Crippen molar-refractivity contribution in [2.24, 2.45) is 0 Å². The van der Waals surface area contributed by atoms with Gasteiger partial charge in [0.25, 0.3) is 0 Å². The molecule has 0 atom stereocenters. The maximum Gasteiger partial charge on any atom is 0 e. The van der Waals surface area contributed by atoms with Gasteiger partial charge in [-0.05, 0) is 0 Å². The topological polar surface area (TPSA) is 0 Å². The van der Waals surface area contributed by atoms with Gasteiger partial charge in [0.2, 0.25) is 0 Å². The van der Waals surface area contributed by atoms with Gasteiger partial charge >= 0.3 is 0 Å². The first-order valence-electron chi connectivity index (χ1n) is 0. The summed E-state index contributed by atoms with van der Waals surface area (Å²) in [6, 6.07) is 0. The maximum absolute atomic E-state index is 0. The van der Waals surface area contributed by atoms with Crippen LogP contribution < -0.4 is 0 Å². The van der Waals surface area contributed by atoms with E-state index in [0.717, 1.165) is 0 Å². The minimum atomic E-state index is 0. The van der Waals surface area contributed by atoms with E-state index in [1.54, 1.807) is 0 Å². The van der Waals surface area contributed by atoms with Crippen molar-refractivity contribution in [2.75, 3.05) is 0 Å². The summed E-state index contributed by atoms with van der Waals surface area (Å²) in [5, 5.41) is 0. The van der Waals surface area contributed by atoms with Crippen LogP contribution in [0.2, 0.25) is 0 Å². The molecule has 0 aliphatic carbocycles. The van der Waals surface area contributed by atoms with Crippen LogP contribution in [0.5, 0.6) is 0 Å². The van der Waals surface area contributed by atoms with Crippen LogP contribution in [0.3, 0.4) is 0 Å². The first kappa shape index (κ1) is 46.3. The number of hydrogen-bond acceptors (Lipinski definition) is 0. The zero-order valence-electron chi connectivity index (χ0n) is 2.17. The van der Waals surface area contributed by atoms with Crippen LogP contribution in [-0.4, -0.2) is 0 Å². The normalized spacial score (nSPS) is 0. The molecule has 49 valence electrons. The molecule has 0 fully saturated rings. The van der Waals surface area contributed by atoms with Crippen molar-refractivity contribution in [3.63, 3.8) is 0 Å². The Morgan fingerprint density at radius 1 is 0.333 bits per heavy atom. The van der Waals surface area contributed by atoms with Crippen LogP contribution in [0.1, 0.15) is 0 Å². The van der Waals surface area contributed by atoms with Crippen LogP contribution in [0.25, 0.3) is 0 Å². The Morgan fingerprint density at radius 2 is 0.333 bits per heavy atom. The van der Waals surface area contributed by atoms with Crippen molar-refractivity contribution in [1.82, 2.24) is 0 Å². The van der Waals surface area contributed by atoms with Gasteiger partial charge in [-0.1, -0.05) is 0 Å². The summed E-state index contributed by atoms with van der Waals surface area (Å²) in [5.41, 5.74) is 0. The quantitative estimate of drug-likeness (QED) is 0.321. The molecule has 0 spiro atoms. The van der Waals surface area contributed by atoms with Crippen LogP contribution in [0.15, 0.2) is 0 Å². The van der Waals surface area contributed by atoms with Gasteiger partial charge in [-0.15, -0.1) is 0 Å². The third-order valence-electron chi connectivity index (χ3n) is 0. The van der Waals surface area contributed by atoms with E-state index in [1.807, 2.05) is 0 Å². The zero-order chi connectivity index (χ0) is 0. The molecule has 0 aromatic rings. The molecule has 0 rings (SSSR count). The first-order chi connectivity index (χ1) is 0. The Balaban J connectivity index is 0. The molecule has 5 radical (unpaired) electrons. The average Bonchev–Trinajstić information content (AvgIpc) is 0. The molecule has 0 aromatic carbocycles. The second-order valence-corrected chi connectivity index (χ2v) is 0. The van der Waals surface area contributed by atoms with E-state index < -0.39 is 0 Å². The summed E-state index contributed by atoms with van der Waals surface area (Å²) in [7, 11) is 0. The molecule has 0 amide bonds. The van der Waals surface area contributed by atoms with Gasteiger partial charge in [-0.2, -0.15) is 0 Å². The number of rotatable bonds is 0.